The first-order valence-corrected chi connectivity index (χ1v) is 5.09. The molecule has 0 saturated heterocycles. The highest BCUT2D eigenvalue weighted by Crippen LogP contribution is 2.09. The molecule has 88 valence electrons. The quantitative estimate of drug-likeness (QED) is 0.591. The highest BCUT2D eigenvalue weighted by Gasteiger charge is 2.21. The molecule has 1 amide bonds. The molecular weight excluding hydrogens is 196 g/mol. The summed E-state index contributed by atoms with van der Waals surface area (Å²) in [6.07, 6.45) is 0.227. The zero-order valence-corrected chi connectivity index (χ0v) is 9.49. The van der Waals surface area contributed by atoms with Crippen LogP contribution >= 0.6 is 0 Å². The minimum atomic E-state index is -0.883. The number of hydrogen-bond acceptors (Lipinski definition) is 3. The van der Waals surface area contributed by atoms with E-state index in [1.807, 2.05) is 13.8 Å². The Morgan fingerprint density at radius 2 is 1.87 bits per heavy atom. The number of carbonyl (C=O) groups excluding carboxylic acids is 1. The van der Waals surface area contributed by atoms with Crippen LogP contribution in [-0.2, 0) is 9.59 Å². The molecule has 0 aliphatic heterocycles. The Balaban J connectivity index is 4.00. The molecular formula is C10H20N2O3. The van der Waals surface area contributed by atoms with Crippen molar-refractivity contribution < 1.29 is 14.7 Å². The van der Waals surface area contributed by atoms with E-state index in [0.717, 1.165) is 0 Å². The Morgan fingerprint density at radius 1 is 1.33 bits per heavy atom. The van der Waals surface area contributed by atoms with Crippen LogP contribution < -0.4 is 11.1 Å². The van der Waals surface area contributed by atoms with Crippen LogP contribution in [0.4, 0.5) is 0 Å². The van der Waals surface area contributed by atoms with Gasteiger partial charge in [-0.05, 0) is 12.8 Å². The number of nitrogens with one attached hydrogen (secondary N) is 1. The Kier molecular flexibility index (Phi) is 5.93. The van der Waals surface area contributed by atoms with E-state index < -0.39 is 11.9 Å². The Bertz CT molecular complexity index is 227. The summed E-state index contributed by atoms with van der Waals surface area (Å²) in [5.74, 6) is -1.62. The molecule has 0 aliphatic rings. The lowest BCUT2D eigenvalue weighted by atomic mass is 9.96. The van der Waals surface area contributed by atoms with E-state index in [0.29, 0.717) is 0 Å². The summed E-state index contributed by atoms with van der Waals surface area (Å²) in [5.41, 5.74) is 5.44. The van der Waals surface area contributed by atoms with Gasteiger partial charge in [0.15, 0.2) is 0 Å². The fraction of sp³-hybridized carbons (Fsp3) is 0.800. The van der Waals surface area contributed by atoms with Crippen molar-refractivity contribution in [2.45, 2.75) is 33.2 Å². The third-order valence-corrected chi connectivity index (χ3v) is 2.15. The Hall–Kier alpha value is -1.10. The molecule has 5 heteroatoms. The van der Waals surface area contributed by atoms with Crippen LogP contribution in [0.3, 0.4) is 0 Å². The van der Waals surface area contributed by atoms with Gasteiger partial charge >= 0.3 is 5.97 Å². The summed E-state index contributed by atoms with van der Waals surface area (Å²) in [5, 5.41) is 11.4. The van der Waals surface area contributed by atoms with Gasteiger partial charge in [-0.3, -0.25) is 9.59 Å². The zero-order valence-electron chi connectivity index (χ0n) is 9.49. The molecule has 0 saturated carbocycles. The molecule has 0 rings (SSSR count). The molecule has 2 atom stereocenters. The number of amides is 1. The standard InChI is InChI=1S/C10H20N2O3/c1-6(2)8(10(14)15)5-12-9(13)4-7(3)11/h6-8H,4-5,11H2,1-3H3,(H,12,13)(H,14,15). The summed E-state index contributed by atoms with van der Waals surface area (Å²) < 4.78 is 0. The van der Waals surface area contributed by atoms with Gasteiger partial charge in [0.25, 0.3) is 0 Å². The van der Waals surface area contributed by atoms with E-state index in [1.165, 1.54) is 0 Å². The molecule has 4 N–H and O–H groups in total. The lowest BCUT2D eigenvalue weighted by Crippen LogP contribution is -2.37. The van der Waals surface area contributed by atoms with Crippen molar-refractivity contribution in [1.82, 2.24) is 5.32 Å². The average Bonchev–Trinajstić information content (AvgIpc) is 2.00. The fourth-order valence-electron chi connectivity index (χ4n) is 1.20. The average molecular weight is 216 g/mol. The first-order valence-electron chi connectivity index (χ1n) is 5.09. The second-order valence-electron chi connectivity index (χ2n) is 4.17. The normalized spacial score (nSPS) is 14.7. The summed E-state index contributed by atoms with van der Waals surface area (Å²) >= 11 is 0. The highest BCUT2D eigenvalue weighted by molar-refractivity contribution is 5.77. The van der Waals surface area contributed by atoms with E-state index in [2.05, 4.69) is 5.32 Å². The maximum absolute atomic E-state index is 11.2. The lowest BCUT2D eigenvalue weighted by molar-refractivity contribution is -0.143. The minimum absolute atomic E-state index is 0.00176. The highest BCUT2D eigenvalue weighted by atomic mass is 16.4. The molecule has 0 spiro atoms. The molecule has 0 fully saturated rings. The van der Waals surface area contributed by atoms with Crippen LogP contribution in [0.25, 0.3) is 0 Å². The maximum atomic E-state index is 11.2. The van der Waals surface area contributed by atoms with Crippen molar-refractivity contribution in [3.8, 4) is 0 Å². The number of carboxylic acids is 1. The number of aliphatic carboxylic acids is 1. The van der Waals surface area contributed by atoms with Crippen molar-refractivity contribution in [1.29, 1.82) is 0 Å². The smallest absolute Gasteiger partial charge is 0.308 e. The molecule has 0 radical (unpaired) electrons. The minimum Gasteiger partial charge on any atom is -0.481 e. The molecule has 0 aromatic carbocycles. The van der Waals surface area contributed by atoms with Gasteiger partial charge in [0, 0.05) is 19.0 Å². The van der Waals surface area contributed by atoms with Crippen LogP contribution in [0.1, 0.15) is 27.2 Å². The van der Waals surface area contributed by atoms with E-state index in [1.54, 1.807) is 6.92 Å². The van der Waals surface area contributed by atoms with Gasteiger partial charge in [0.1, 0.15) is 0 Å². The maximum Gasteiger partial charge on any atom is 0.308 e. The van der Waals surface area contributed by atoms with Gasteiger partial charge < -0.3 is 16.2 Å². The molecule has 0 aromatic heterocycles. The van der Waals surface area contributed by atoms with Gasteiger partial charge in [-0.1, -0.05) is 13.8 Å². The summed E-state index contributed by atoms with van der Waals surface area (Å²) in [6.45, 7) is 5.53. The third kappa shape index (κ3) is 6.06. The van der Waals surface area contributed by atoms with Crippen molar-refractivity contribution in [2.75, 3.05) is 6.54 Å². The van der Waals surface area contributed by atoms with Gasteiger partial charge in [0.05, 0.1) is 5.92 Å². The number of rotatable bonds is 6. The van der Waals surface area contributed by atoms with Crippen LogP contribution in [0.2, 0.25) is 0 Å². The second-order valence-corrected chi connectivity index (χ2v) is 4.17. The monoisotopic (exact) mass is 216 g/mol. The van der Waals surface area contributed by atoms with Gasteiger partial charge in [-0.25, -0.2) is 0 Å². The van der Waals surface area contributed by atoms with Crippen LogP contribution in [0.15, 0.2) is 0 Å². The van der Waals surface area contributed by atoms with Crippen molar-refractivity contribution in [3.05, 3.63) is 0 Å². The fourth-order valence-corrected chi connectivity index (χ4v) is 1.20. The predicted molar refractivity (Wildman–Crippen MR) is 57.2 cm³/mol. The van der Waals surface area contributed by atoms with E-state index >= 15 is 0 Å². The summed E-state index contributed by atoms with van der Waals surface area (Å²) in [4.78, 5) is 22.0. The van der Waals surface area contributed by atoms with Crippen LogP contribution in [0, 0.1) is 11.8 Å². The number of nitrogens with two attached hydrogens (primary N) is 1. The second kappa shape index (κ2) is 6.40. The molecule has 2 unspecified atom stereocenters. The van der Waals surface area contributed by atoms with Crippen LogP contribution in [0.5, 0.6) is 0 Å². The van der Waals surface area contributed by atoms with Gasteiger partial charge in [0.2, 0.25) is 5.91 Å². The lowest BCUT2D eigenvalue weighted by Gasteiger charge is -2.17. The first-order chi connectivity index (χ1) is 6.84. The van der Waals surface area contributed by atoms with Gasteiger partial charge in [-0.15, -0.1) is 0 Å². The molecule has 0 heterocycles. The number of carbonyl (C=O) groups is 2. The number of hydrogen-bond donors (Lipinski definition) is 3. The molecule has 15 heavy (non-hydrogen) atoms. The Morgan fingerprint density at radius 3 is 2.20 bits per heavy atom. The molecule has 5 nitrogen and oxygen atoms in total. The largest absolute Gasteiger partial charge is 0.481 e. The summed E-state index contributed by atoms with van der Waals surface area (Å²) in [6, 6.07) is -0.202. The molecule has 0 bridgehead atoms. The van der Waals surface area contributed by atoms with E-state index in [9.17, 15) is 9.59 Å². The van der Waals surface area contributed by atoms with E-state index in [-0.39, 0.29) is 30.8 Å². The topological polar surface area (TPSA) is 92.4 Å². The zero-order chi connectivity index (χ0) is 12.0. The van der Waals surface area contributed by atoms with Crippen LogP contribution in [-0.4, -0.2) is 29.6 Å². The number of carboxylic acid groups (broad SMARTS) is 1. The first kappa shape index (κ1) is 13.9. The van der Waals surface area contributed by atoms with Crippen molar-refractivity contribution in [2.24, 2.45) is 17.6 Å². The predicted octanol–water partition coefficient (Wildman–Crippen LogP) is 0.197. The van der Waals surface area contributed by atoms with E-state index in [4.69, 9.17) is 10.8 Å². The molecule has 0 aromatic rings. The van der Waals surface area contributed by atoms with Gasteiger partial charge in [-0.2, -0.15) is 0 Å². The summed E-state index contributed by atoms with van der Waals surface area (Å²) in [7, 11) is 0. The Labute approximate surface area is 90.0 Å². The van der Waals surface area contributed by atoms with Crippen molar-refractivity contribution in [3.63, 3.8) is 0 Å². The SMILES string of the molecule is CC(N)CC(=O)NCC(C(=O)O)C(C)C. The molecule has 0 aliphatic carbocycles. The third-order valence-electron chi connectivity index (χ3n) is 2.15. The van der Waals surface area contributed by atoms with Crippen molar-refractivity contribution >= 4 is 11.9 Å².